The second-order valence-electron chi connectivity index (χ2n) is 5.86. The van der Waals surface area contributed by atoms with Crippen LogP contribution in [-0.4, -0.2) is 27.1 Å². The van der Waals surface area contributed by atoms with E-state index in [1.807, 2.05) is 54.6 Å². The summed E-state index contributed by atoms with van der Waals surface area (Å²) in [6, 6.07) is 16.0. The Morgan fingerprint density at radius 3 is 2.59 bits per heavy atom. The number of ether oxygens (including phenoxy) is 1. The van der Waals surface area contributed by atoms with Gasteiger partial charge in [0.25, 0.3) is 5.91 Å². The van der Waals surface area contributed by atoms with Gasteiger partial charge in [-0.25, -0.2) is 0 Å². The SMILES string of the molecule is C[C@H](C(=O)[O-])N1C(=O)/C(=C/c2ccccc2OCc2ccccc2)SC1=S. The molecule has 1 fully saturated rings. The van der Waals surface area contributed by atoms with Crippen LogP contribution in [0.4, 0.5) is 0 Å². The lowest BCUT2D eigenvalue weighted by atomic mass is 10.1. The number of nitrogens with zero attached hydrogens (tertiary/aromatic N) is 1. The van der Waals surface area contributed by atoms with E-state index in [-0.39, 0.29) is 4.32 Å². The van der Waals surface area contributed by atoms with E-state index in [4.69, 9.17) is 17.0 Å². The molecule has 0 saturated carbocycles. The molecular weight excluding hydrogens is 382 g/mol. The maximum absolute atomic E-state index is 12.6. The lowest BCUT2D eigenvalue weighted by Crippen LogP contribution is -2.48. The summed E-state index contributed by atoms with van der Waals surface area (Å²) in [6.45, 7) is 1.77. The first kappa shape index (κ1) is 19.1. The molecule has 0 aliphatic carbocycles. The van der Waals surface area contributed by atoms with Gasteiger partial charge in [-0.2, -0.15) is 0 Å². The second kappa shape index (κ2) is 8.37. The summed E-state index contributed by atoms with van der Waals surface area (Å²) in [5.41, 5.74) is 1.75. The lowest BCUT2D eigenvalue weighted by molar-refractivity contribution is -0.309. The molecule has 0 spiro atoms. The zero-order valence-corrected chi connectivity index (χ0v) is 16.1. The van der Waals surface area contributed by atoms with E-state index in [2.05, 4.69) is 0 Å². The van der Waals surface area contributed by atoms with Gasteiger partial charge < -0.3 is 14.6 Å². The number of aliphatic carboxylic acids is 1. The molecule has 0 radical (unpaired) electrons. The van der Waals surface area contributed by atoms with Gasteiger partial charge in [0.1, 0.15) is 16.7 Å². The van der Waals surface area contributed by atoms with Crippen molar-refractivity contribution in [2.75, 3.05) is 0 Å². The fraction of sp³-hybridized carbons (Fsp3) is 0.150. The molecule has 7 heteroatoms. The van der Waals surface area contributed by atoms with Crippen molar-refractivity contribution in [1.82, 2.24) is 4.90 Å². The van der Waals surface area contributed by atoms with Crippen LogP contribution >= 0.6 is 24.0 Å². The predicted molar refractivity (Wildman–Crippen MR) is 107 cm³/mol. The summed E-state index contributed by atoms with van der Waals surface area (Å²) in [5.74, 6) is -1.17. The molecule has 5 nitrogen and oxygen atoms in total. The van der Waals surface area contributed by atoms with Crippen LogP contribution in [0.5, 0.6) is 5.75 Å². The minimum atomic E-state index is -1.35. The van der Waals surface area contributed by atoms with Crippen LogP contribution in [0.1, 0.15) is 18.1 Å². The topological polar surface area (TPSA) is 69.7 Å². The Morgan fingerprint density at radius 2 is 1.89 bits per heavy atom. The summed E-state index contributed by atoms with van der Waals surface area (Å²) in [4.78, 5) is 25.1. The molecule has 1 heterocycles. The van der Waals surface area contributed by atoms with E-state index >= 15 is 0 Å². The van der Waals surface area contributed by atoms with Gasteiger partial charge in [-0.1, -0.05) is 72.5 Å². The lowest BCUT2D eigenvalue weighted by Gasteiger charge is -2.23. The number of hydrogen-bond donors (Lipinski definition) is 0. The van der Waals surface area contributed by atoms with Gasteiger partial charge in [-0.3, -0.25) is 9.69 Å². The summed E-state index contributed by atoms with van der Waals surface area (Å²) in [7, 11) is 0. The highest BCUT2D eigenvalue weighted by Crippen LogP contribution is 2.35. The van der Waals surface area contributed by atoms with E-state index in [9.17, 15) is 14.7 Å². The minimum Gasteiger partial charge on any atom is -0.548 e. The Hall–Kier alpha value is -2.64. The van der Waals surface area contributed by atoms with Gasteiger partial charge in [-0.15, -0.1) is 0 Å². The van der Waals surface area contributed by atoms with Gasteiger partial charge in [0.2, 0.25) is 0 Å². The van der Waals surface area contributed by atoms with E-state index in [0.717, 1.165) is 27.8 Å². The van der Waals surface area contributed by atoms with Crippen LogP contribution in [-0.2, 0) is 16.2 Å². The molecule has 138 valence electrons. The third kappa shape index (κ3) is 4.37. The van der Waals surface area contributed by atoms with Crippen molar-refractivity contribution >= 4 is 46.3 Å². The molecule has 1 atom stereocenters. The summed E-state index contributed by atoms with van der Waals surface area (Å²) in [5, 5.41) is 11.1. The van der Waals surface area contributed by atoms with Crippen LogP contribution in [0.15, 0.2) is 59.5 Å². The summed E-state index contributed by atoms with van der Waals surface area (Å²) < 4.78 is 6.09. The summed E-state index contributed by atoms with van der Waals surface area (Å²) >= 11 is 6.23. The highest BCUT2D eigenvalue weighted by Gasteiger charge is 2.35. The zero-order valence-electron chi connectivity index (χ0n) is 14.5. The van der Waals surface area contributed by atoms with Crippen molar-refractivity contribution in [3.63, 3.8) is 0 Å². The number of carbonyl (C=O) groups is 2. The van der Waals surface area contributed by atoms with E-state index in [1.165, 1.54) is 6.92 Å². The zero-order chi connectivity index (χ0) is 19.4. The van der Waals surface area contributed by atoms with Crippen LogP contribution in [0.3, 0.4) is 0 Å². The van der Waals surface area contributed by atoms with Gasteiger partial charge >= 0.3 is 0 Å². The van der Waals surface area contributed by atoms with Crippen molar-refractivity contribution in [3.8, 4) is 5.75 Å². The van der Waals surface area contributed by atoms with Crippen LogP contribution < -0.4 is 9.84 Å². The average Bonchev–Trinajstić information content (AvgIpc) is 2.94. The van der Waals surface area contributed by atoms with Crippen LogP contribution in [0, 0.1) is 0 Å². The highest BCUT2D eigenvalue weighted by molar-refractivity contribution is 8.26. The predicted octanol–water partition coefficient (Wildman–Crippen LogP) is 2.61. The first-order valence-electron chi connectivity index (χ1n) is 8.21. The maximum atomic E-state index is 12.6. The van der Waals surface area contributed by atoms with Crippen molar-refractivity contribution < 1.29 is 19.4 Å². The van der Waals surface area contributed by atoms with Crippen LogP contribution in [0.2, 0.25) is 0 Å². The number of para-hydroxylation sites is 1. The monoisotopic (exact) mass is 398 g/mol. The minimum absolute atomic E-state index is 0.200. The van der Waals surface area contributed by atoms with E-state index in [1.54, 1.807) is 6.08 Å². The molecule has 2 aromatic rings. The number of carbonyl (C=O) groups excluding carboxylic acids is 2. The molecule has 0 unspecified atom stereocenters. The number of thiocarbonyl (C=S) groups is 1. The normalized spacial score (nSPS) is 16.6. The molecule has 1 aliphatic heterocycles. The van der Waals surface area contributed by atoms with Crippen molar-refractivity contribution in [3.05, 3.63) is 70.6 Å². The number of carboxylic acids is 1. The Morgan fingerprint density at radius 1 is 1.22 bits per heavy atom. The fourth-order valence-electron chi connectivity index (χ4n) is 2.53. The van der Waals surface area contributed by atoms with E-state index < -0.39 is 17.9 Å². The third-order valence-electron chi connectivity index (χ3n) is 3.99. The Labute approximate surface area is 166 Å². The molecular formula is C20H16NO4S2-. The number of rotatable bonds is 6. The average molecular weight is 398 g/mol. The number of thioether (sulfide) groups is 1. The number of carboxylic acid groups (broad SMARTS) is 1. The number of benzene rings is 2. The standard InChI is InChI=1S/C20H17NO4S2/c1-13(19(23)24)21-18(22)17(27-20(21)26)11-15-9-5-6-10-16(15)25-12-14-7-3-2-4-8-14/h2-11,13H,12H2,1H3,(H,23,24)/p-1/b17-11-/t13-/m1/s1. The van der Waals surface area contributed by atoms with Crippen LogP contribution in [0.25, 0.3) is 6.08 Å². The Balaban J connectivity index is 1.82. The Kier molecular flexibility index (Phi) is 5.93. The van der Waals surface area contributed by atoms with Gasteiger partial charge in [0.05, 0.1) is 16.9 Å². The second-order valence-corrected chi connectivity index (χ2v) is 7.53. The highest BCUT2D eigenvalue weighted by atomic mass is 32.2. The van der Waals surface area contributed by atoms with Crippen molar-refractivity contribution in [1.29, 1.82) is 0 Å². The maximum Gasteiger partial charge on any atom is 0.266 e. The molecule has 1 saturated heterocycles. The number of amides is 1. The molecule has 0 aromatic heterocycles. The first-order chi connectivity index (χ1) is 13.0. The van der Waals surface area contributed by atoms with Gasteiger partial charge in [0, 0.05) is 5.56 Å². The summed E-state index contributed by atoms with van der Waals surface area (Å²) in [6.07, 6.45) is 1.67. The van der Waals surface area contributed by atoms with Gasteiger partial charge in [0.15, 0.2) is 0 Å². The molecule has 1 aliphatic rings. The van der Waals surface area contributed by atoms with Gasteiger partial charge in [-0.05, 0) is 24.6 Å². The molecule has 1 amide bonds. The fourth-order valence-corrected chi connectivity index (χ4v) is 3.94. The third-order valence-corrected chi connectivity index (χ3v) is 5.33. The smallest absolute Gasteiger partial charge is 0.266 e. The van der Waals surface area contributed by atoms with Crippen molar-refractivity contribution in [2.45, 2.75) is 19.6 Å². The molecule has 3 rings (SSSR count). The Bertz CT molecular complexity index is 911. The molecule has 0 bridgehead atoms. The van der Waals surface area contributed by atoms with Crippen molar-refractivity contribution in [2.24, 2.45) is 0 Å². The van der Waals surface area contributed by atoms with E-state index in [0.29, 0.717) is 17.3 Å². The quantitative estimate of drug-likeness (QED) is 0.550. The number of hydrogen-bond acceptors (Lipinski definition) is 6. The molecule has 0 N–H and O–H groups in total. The molecule has 27 heavy (non-hydrogen) atoms. The largest absolute Gasteiger partial charge is 0.548 e. The molecule has 2 aromatic carbocycles. The first-order valence-corrected chi connectivity index (χ1v) is 9.43.